The lowest BCUT2D eigenvalue weighted by molar-refractivity contribution is 0.0792. The first-order valence-corrected chi connectivity index (χ1v) is 6.05. The first-order chi connectivity index (χ1) is 6.37. The molecular formula is C12H23N. The summed E-state index contributed by atoms with van der Waals surface area (Å²) >= 11 is 0. The lowest BCUT2D eigenvalue weighted by atomic mass is 9.62. The van der Waals surface area contributed by atoms with Gasteiger partial charge in [-0.3, -0.25) is 0 Å². The van der Waals surface area contributed by atoms with Crippen LogP contribution in [0.3, 0.4) is 0 Å². The monoisotopic (exact) mass is 181 g/mol. The van der Waals surface area contributed by atoms with E-state index in [4.69, 9.17) is 0 Å². The minimum absolute atomic E-state index is 0.714. The van der Waals surface area contributed by atoms with Crippen molar-refractivity contribution in [3.8, 4) is 0 Å². The smallest absolute Gasteiger partial charge is 0.0120 e. The van der Waals surface area contributed by atoms with Crippen molar-refractivity contribution in [1.29, 1.82) is 0 Å². The molecule has 1 heteroatoms. The summed E-state index contributed by atoms with van der Waals surface area (Å²) in [4.78, 5) is 0. The predicted octanol–water partition coefficient (Wildman–Crippen LogP) is 3.10. The molecule has 0 aromatic heterocycles. The van der Waals surface area contributed by atoms with Crippen LogP contribution in [-0.4, -0.2) is 13.1 Å². The zero-order valence-electron chi connectivity index (χ0n) is 8.94. The van der Waals surface area contributed by atoms with E-state index in [1.54, 1.807) is 0 Å². The van der Waals surface area contributed by atoms with Crippen LogP contribution in [0.4, 0.5) is 0 Å². The van der Waals surface area contributed by atoms with E-state index in [0.717, 1.165) is 6.04 Å². The van der Waals surface area contributed by atoms with E-state index in [1.165, 1.54) is 57.8 Å². The third kappa shape index (κ3) is 1.76. The van der Waals surface area contributed by atoms with E-state index in [2.05, 4.69) is 12.4 Å². The Bertz CT molecular complexity index is 150. The second-order valence-corrected chi connectivity index (χ2v) is 5.01. The maximum atomic E-state index is 3.56. The van der Waals surface area contributed by atoms with Crippen LogP contribution in [0.1, 0.15) is 57.8 Å². The Hall–Kier alpha value is -0.0400. The fourth-order valence-corrected chi connectivity index (χ4v) is 3.61. The van der Waals surface area contributed by atoms with Crippen LogP contribution >= 0.6 is 0 Å². The first kappa shape index (κ1) is 9.51. The highest BCUT2D eigenvalue weighted by atomic mass is 14.9. The SMILES string of the molecule is CNC1CCCCC12CCCCC2. The van der Waals surface area contributed by atoms with E-state index < -0.39 is 0 Å². The van der Waals surface area contributed by atoms with Crippen molar-refractivity contribution in [1.82, 2.24) is 5.32 Å². The fraction of sp³-hybridized carbons (Fsp3) is 1.00. The summed E-state index contributed by atoms with van der Waals surface area (Å²) in [7, 11) is 2.16. The maximum absolute atomic E-state index is 3.56. The maximum Gasteiger partial charge on any atom is 0.0120 e. The lowest BCUT2D eigenvalue weighted by Crippen LogP contribution is -2.47. The highest BCUT2D eigenvalue weighted by Crippen LogP contribution is 2.47. The van der Waals surface area contributed by atoms with Gasteiger partial charge >= 0.3 is 0 Å². The number of hydrogen-bond acceptors (Lipinski definition) is 1. The van der Waals surface area contributed by atoms with Crippen LogP contribution in [0.2, 0.25) is 0 Å². The van der Waals surface area contributed by atoms with Gasteiger partial charge in [0.15, 0.2) is 0 Å². The van der Waals surface area contributed by atoms with E-state index in [-0.39, 0.29) is 0 Å². The molecule has 1 atom stereocenters. The van der Waals surface area contributed by atoms with Crippen molar-refractivity contribution in [2.24, 2.45) is 5.41 Å². The molecule has 2 aliphatic rings. The van der Waals surface area contributed by atoms with Gasteiger partial charge in [-0.25, -0.2) is 0 Å². The highest BCUT2D eigenvalue weighted by Gasteiger charge is 2.40. The molecule has 2 aliphatic carbocycles. The number of rotatable bonds is 1. The summed E-state index contributed by atoms with van der Waals surface area (Å²) in [5, 5.41) is 3.56. The van der Waals surface area contributed by atoms with Gasteiger partial charge in [0, 0.05) is 6.04 Å². The van der Waals surface area contributed by atoms with Crippen LogP contribution in [-0.2, 0) is 0 Å². The average Bonchev–Trinajstić information content (AvgIpc) is 2.20. The van der Waals surface area contributed by atoms with E-state index >= 15 is 0 Å². The van der Waals surface area contributed by atoms with Gasteiger partial charge in [-0.05, 0) is 38.1 Å². The molecule has 0 aliphatic heterocycles. The molecule has 0 aromatic rings. The second-order valence-electron chi connectivity index (χ2n) is 5.01. The van der Waals surface area contributed by atoms with Gasteiger partial charge in [-0.2, -0.15) is 0 Å². The molecule has 0 aromatic carbocycles. The van der Waals surface area contributed by atoms with Gasteiger partial charge in [0.05, 0.1) is 0 Å². The van der Waals surface area contributed by atoms with Crippen molar-refractivity contribution in [2.75, 3.05) is 7.05 Å². The molecule has 76 valence electrons. The fourth-order valence-electron chi connectivity index (χ4n) is 3.61. The molecule has 0 radical (unpaired) electrons. The van der Waals surface area contributed by atoms with E-state index in [9.17, 15) is 0 Å². The molecule has 0 amide bonds. The topological polar surface area (TPSA) is 12.0 Å². The van der Waals surface area contributed by atoms with Gasteiger partial charge in [0.2, 0.25) is 0 Å². The summed E-state index contributed by atoms with van der Waals surface area (Å²) in [6.07, 6.45) is 13.3. The Morgan fingerprint density at radius 2 is 1.54 bits per heavy atom. The van der Waals surface area contributed by atoms with E-state index in [0.29, 0.717) is 5.41 Å². The molecule has 2 fully saturated rings. The molecule has 0 bridgehead atoms. The predicted molar refractivity (Wildman–Crippen MR) is 56.8 cm³/mol. The minimum atomic E-state index is 0.714. The minimum Gasteiger partial charge on any atom is -0.316 e. The Kier molecular flexibility index (Phi) is 2.92. The summed E-state index contributed by atoms with van der Waals surface area (Å²) in [6.45, 7) is 0. The first-order valence-electron chi connectivity index (χ1n) is 6.05. The normalized spacial score (nSPS) is 33.5. The molecule has 1 nitrogen and oxygen atoms in total. The molecule has 1 unspecified atom stereocenters. The lowest BCUT2D eigenvalue weighted by Gasteiger charge is -2.47. The van der Waals surface area contributed by atoms with Gasteiger partial charge in [-0.15, -0.1) is 0 Å². The molecule has 2 rings (SSSR count). The Labute approximate surface area is 82.3 Å². The molecule has 1 spiro atoms. The Morgan fingerprint density at radius 1 is 0.923 bits per heavy atom. The van der Waals surface area contributed by atoms with Crippen LogP contribution < -0.4 is 5.32 Å². The third-order valence-corrected chi connectivity index (χ3v) is 4.35. The second kappa shape index (κ2) is 4.00. The van der Waals surface area contributed by atoms with Crippen LogP contribution in [0.15, 0.2) is 0 Å². The molecule has 0 saturated heterocycles. The summed E-state index contributed by atoms with van der Waals surface area (Å²) in [5.41, 5.74) is 0.714. The summed E-state index contributed by atoms with van der Waals surface area (Å²) in [6, 6.07) is 0.835. The summed E-state index contributed by atoms with van der Waals surface area (Å²) < 4.78 is 0. The Morgan fingerprint density at radius 3 is 2.15 bits per heavy atom. The summed E-state index contributed by atoms with van der Waals surface area (Å²) in [5.74, 6) is 0. The zero-order valence-corrected chi connectivity index (χ0v) is 8.94. The largest absolute Gasteiger partial charge is 0.316 e. The van der Waals surface area contributed by atoms with E-state index in [1.807, 2.05) is 0 Å². The quantitative estimate of drug-likeness (QED) is 0.655. The molecule has 13 heavy (non-hydrogen) atoms. The van der Waals surface area contributed by atoms with Crippen molar-refractivity contribution in [2.45, 2.75) is 63.8 Å². The van der Waals surface area contributed by atoms with Crippen LogP contribution in [0, 0.1) is 5.41 Å². The number of hydrogen-bond donors (Lipinski definition) is 1. The zero-order chi connectivity index (χ0) is 9.15. The van der Waals surface area contributed by atoms with Crippen molar-refractivity contribution in [3.63, 3.8) is 0 Å². The van der Waals surface area contributed by atoms with Gasteiger partial charge in [0.1, 0.15) is 0 Å². The molecular weight excluding hydrogens is 158 g/mol. The standard InChI is InChI=1S/C12H23N/c1-13-11-7-3-6-10-12(11)8-4-2-5-9-12/h11,13H,2-10H2,1H3. The Balaban J connectivity index is 2.06. The van der Waals surface area contributed by atoms with Gasteiger partial charge in [-0.1, -0.05) is 32.1 Å². The van der Waals surface area contributed by atoms with Crippen molar-refractivity contribution >= 4 is 0 Å². The van der Waals surface area contributed by atoms with Crippen molar-refractivity contribution in [3.05, 3.63) is 0 Å². The van der Waals surface area contributed by atoms with Crippen molar-refractivity contribution < 1.29 is 0 Å². The molecule has 2 saturated carbocycles. The highest BCUT2D eigenvalue weighted by molar-refractivity contribution is 4.95. The van der Waals surface area contributed by atoms with Crippen LogP contribution in [0.25, 0.3) is 0 Å². The average molecular weight is 181 g/mol. The van der Waals surface area contributed by atoms with Gasteiger partial charge < -0.3 is 5.32 Å². The van der Waals surface area contributed by atoms with Crippen LogP contribution in [0.5, 0.6) is 0 Å². The third-order valence-electron chi connectivity index (χ3n) is 4.35. The molecule has 0 heterocycles. The molecule has 1 N–H and O–H groups in total. The number of nitrogens with one attached hydrogen (secondary N) is 1. The van der Waals surface area contributed by atoms with Gasteiger partial charge in [0.25, 0.3) is 0 Å².